The van der Waals surface area contributed by atoms with Gasteiger partial charge in [-0.1, -0.05) is 83.1 Å². The molecule has 0 unspecified atom stereocenters. The molecule has 0 fully saturated rings. The van der Waals surface area contributed by atoms with Gasteiger partial charge in [-0.15, -0.1) is 0 Å². The molecule has 1 rings (SSSR count). The van der Waals surface area contributed by atoms with Crippen molar-refractivity contribution in [3.8, 4) is 0 Å². The molecule has 0 saturated heterocycles. The van der Waals surface area contributed by atoms with Gasteiger partial charge in [0.1, 0.15) is 0 Å². The molecule has 270 valence electrons. The third kappa shape index (κ3) is 14.2. The van der Waals surface area contributed by atoms with E-state index in [0.717, 1.165) is 24.5 Å². The van der Waals surface area contributed by atoms with E-state index < -0.39 is 16.6 Å². The van der Waals surface area contributed by atoms with Crippen LogP contribution in [0.4, 0.5) is 11.4 Å². The number of ether oxygens (including phenoxy) is 4. The van der Waals surface area contributed by atoms with Gasteiger partial charge < -0.3 is 38.4 Å². The van der Waals surface area contributed by atoms with Gasteiger partial charge in [-0.25, -0.2) is 0 Å². The van der Waals surface area contributed by atoms with E-state index in [1.54, 1.807) is 0 Å². The van der Waals surface area contributed by atoms with Crippen molar-refractivity contribution in [1.29, 1.82) is 0 Å². The molecular formula is C36H72N2O6Si2. The van der Waals surface area contributed by atoms with Crippen molar-refractivity contribution in [2.24, 2.45) is 0 Å². The van der Waals surface area contributed by atoms with Gasteiger partial charge in [-0.3, -0.25) is 0 Å². The first-order valence-electron chi connectivity index (χ1n) is 18.0. The van der Waals surface area contributed by atoms with Crippen molar-refractivity contribution in [2.75, 3.05) is 89.8 Å². The summed E-state index contributed by atoms with van der Waals surface area (Å²) in [6.07, 6.45) is 0. The fraction of sp³-hybridized carbons (Fsp3) is 0.833. The van der Waals surface area contributed by atoms with E-state index in [-0.39, 0.29) is 0 Å². The minimum atomic E-state index is -1.81. The molecule has 10 heteroatoms. The highest BCUT2D eigenvalue weighted by atomic mass is 28.4. The molecule has 0 aliphatic heterocycles. The lowest BCUT2D eigenvalue weighted by molar-refractivity contribution is 0.0371. The van der Waals surface area contributed by atoms with Gasteiger partial charge in [-0.05, 0) is 57.5 Å². The van der Waals surface area contributed by atoms with Gasteiger partial charge in [0.25, 0.3) is 0 Å². The number of benzene rings is 1. The molecule has 1 aromatic rings. The zero-order valence-corrected chi connectivity index (χ0v) is 33.7. The fourth-order valence-corrected chi connectivity index (χ4v) is 18.3. The highest BCUT2D eigenvalue weighted by Gasteiger charge is 2.45. The van der Waals surface area contributed by atoms with Crippen molar-refractivity contribution in [3.05, 3.63) is 24.3 Å². The average molecular weight is 685 g/mol. The number of anilines is 2. The maximum atomic E-state index is 6.54. The van der Waals surface area contributed by atoms with Crippen molar-refractivity contribution in [3.63, 3.8) is 0 Å². The summed E-state index contributed by atoms with van der Waals surface area (Å²) in [4.78, 5) is 0. The van der Waals surface area contributed by atoms with Crippen LogP contribution in [0.5, 0.6) is 0 Å². The monoisotopic (exact) mass is 684 g/mol. The van der Waals surface area contributed by atoms with E-state index in [1.807, 2.05) is 0 Å². The first-order chi connectivity index (χ1) is 21.8. The van der Waals surface area contributed by atoms with Crippen LogP contribution in [0.15, 0.2) is 24.3 Å². The molecule has 0 saturated carbocycles. The zero-order chi connectivity index (χ0) is 34.6. The summed E-state index contributed by atoms with van der Waals surface area (Å²) >= 11 is 0. The quantitative estimate of drug-likeness (QED) is 0.0669. The van der Waals surface area contributed by atoms with Crippen molar-refractivity contribution >= 4 is 28.0 Å². The van der Waals surface area contributed by atoms with Gasteiger partial charge in [0.05, 0.1) is 66.1 Å². The van der Waals surface area contributed by atoms with Crippen LogP contribution in [0.1, 0.15) is 83.1 Å². The van der Waals surface area contributed by atoms with Gasteiger partial charge in [0, 0.05) is 24.5 Å². The van der Waals surface area contributed by atoms with Crippen LogP contribution >= 0.6 is 0 Å². The molecule has 0 heterocycles. The Hall–Kier alpha value is -0.986. The van der Waals surface area contributed by atoms with Gasteiger partial charge >= 0.3 is 0 Å². The lowest BCUT2D eigenvalue weighted by atomic mass is 10.3. The summed E-state index contributed by atoms with van der Waals surface area (Å²) < 4.78 is 36.1. The van der Waals surface area contributed by atoms with Crippen LogP contribution in [0.2, 0.25) is 33.2 Å². The van der Waals surface area contributed by atoms with Crippen LogP contribution in [-0.4, -0.2) is 95.8 Å². The zero-order valence-electron chi connectivity index (χ0n) is 31.7. The standard InChI is InChI=1S/C36H72N2O6Si2/c1-29(2)45(30(3)4,31(5)6)43-27-25-41-23-21-39-19-17-37-35-13-15-36(16-14-35)38-18-20-40-22-24-42-26-28-44-46(32(7)8,33(9)10)34(11)12/h13-16,29-34,37-38H,17-28H2,1-12H3. The summed E-state index contributed by atoms with van der Waals surface area (Å²) in [7, 11) is -3.63. The third-order valence-corrected chi connectivity index (χ3v) is 21.6. The molecule has 0 aliphatic rings. The van der Waals surface area contributed by atoms with Crippen LogP contribution in [-0.2, 0) is 27.8 Å². The van der Waals surface area contributed by atoms with Crippen molar-refractivity contribution in [2.45, 2.75) is 116 Å². The molecule has 0 bridgehead atoms. The Kier molecular flexibility index (Phi) is 21.9. The average Bonchev–Trinajstić information content (AvgIpc) is 2.98. The molecule has 0 aliphatic carbocycles. The van der Waals surface area contributed by atoms with Crippen LogP contribution in [0.25, 0.3) is 0 Å². The Labute approximate surface area is 285 Å². The highest BCUT2D eigenvalue weighted by molar-refractivity contribution is 6.78. The number of hydrogen-bond acceptors (Lipinski definition) is 8. The largest absolute Gasteiger partial charge is 0.414 e. The molecule has 0 radical (unpaired) electrons. The third-order valence-electron chi connectivity index (χ3n) is 9.35. The molecule has 46 heavy (non-hydrogen) atoms. The maximum Gasteiger partial charge on any atom is 0.200 e. The van der Waals surface area contributed by atoms with Crippen LogP contribution < -0.4 is 10.6 Å². The van der Waals surface area contributed by atoms with Gasteiger partial charge in [-0.2, -0.15) is 0 Å². The number of hydrogen-bond donors (Lipinski definition) is 2. The second kappa shape index (κ2) is 23.4. The summed E-state index contributed by atoms with van der Waals surface area (Å²) in [5.74, 6) is 0. The smallest absolute Gasteiger partial charge is 0.200 e. The second-order valence-electron chi connectivity index (χ2n) is 14.2. The predicted octanol–water partition coefficient (Wildman–Crippen LogP) is 8.96. The highest BCUT2D eigenvalue weighted by Crippen LogP contribution is 2.43. The molecule has 2 N–H and O–H groups in total. The maximum absolute atomic E-state index is 6.54. The Morgan fingerprint density at radius 1 is 0.391 bits per heavy atom. The normalized spacial score (nSPS) is 12.9. The lowest BCUT2D eigenvalue weighted by Gasteiger charge is -2.42. The number of rotatable bonds is 28. The molecular weight excluding hydrogens is 613 g/mol. The van der Waals surface area contributed by atoms with Crippen molar-refractivity contribution < 1.29 is 27.8 Å². The summed E-state index contributed by atoms with van der Waals surface area (Å²) in [6.45, 7) is 35.4. The Morgan fingerprint density at radius 3 is 0.891 bits per heavy atom. The molecule has 0 spiro atoms. The summed E-state index contributed by atoms with van der Waals surface area (Å²) in [5, 5.41) is 6.81. The number of nitrogens with one attached hydrogen (secondary N) is 2. The molecule has 8 nitrogen and oxygen atoms in total. The first kappa shape index (κ1) is 43.0. The topological polar surface area (TPSA) is 79.4 Å². The summed E-state index contributed by atoms with van der Waals surface area (Å²) in [5.41, 5.74) is 5.70. The molecule has 1 aromatic carbocycles. The van der Waals surface area contributed by atoms with E-state index in [2.05, 4.69) is 118 Å². The minimum Gasteiger partial charge on any atom is -0.414 e. The van der Waals surface area contributed by atoms with E-state index in [1.165, 1.54) is 0 Å². The van der Waals surface area contributed by atoms with Crippen molar-refractivity contribution in [1.82, 2.24) is 0 Å². The van der Waals surface area contributed by atoms with E-state index in [9.17, 15) is 0 Å². The van der Waals surface area contributed by atoms with E-state index in [0.29, 0.717) is 99.3 Å². The molecule has 0 atom stereocenters. The minimum absolute atomic E-state index is 0.588. The second-order valence-corrected chi connectivity index (χ2v) is 25.1. The lowest BCUT2D eigenvalue weighted by Crippen LogP contribution is -2.48. The molecule has 0 aromatic heterocycles. The van der Waals surface area contributed by atoms with E-state index >= 15 is 0 Å². The predicted molar refractivity (Wildman–Crippen MR) is 201 cm³/mol. The van der Waals surface area contributed by atoms with Crippen LogP contribution in [0, 0.1) is 0 Å². The summed E-state index contributed by atoms with van der Waals surface area (Å²) in [6, 6.07) is 8.30. The molecule has 0 amide bonds. The van der Waals surface area contributed by atoms with Gasteiger partial charge in [0.2, 0.25) is 0 Å². The van der Waals surface area contributed by atoms with E-state index in [4.69, 9.17) is 27.8 Å². The fourth-order valence-electron chi connectivity index (χ4n) is 7.44. The SMILES string of the molecule is CC(C)[Si](OCCOCCOCCNc1ccc(NCCOCCOCCO[Si](C(C)C)(C(C)C)C(C)C)cc1)(C(C)C)C(C)C. The Morgan fingerprint density at radius 2 is 0.630 bits per heavy atom. The Bertz CT molecular complexity index is 769. The van der Waals surface area contributed by atoms with Crippen LogP contribution in [0.3, 0.4) is 0 Å². The van der Waals surface area contributed by atoms with Gasteiger partial charge in [0.15, 0.2) is 16.6 Å². The first-order valence-corrected chi connectivity index (χ1v) is 22.3. The Balaban J connectivity index is 2.08.